The molecule has 3 heteroatoms. The molecule has 176 valence electrons. The Balaban J connectivity index is 1.43. The Morgan fingerprint density at radius 3 is 1.91 bits per heavy atom. The molecule has 3 nitrogen and oxygen atoms in total. The molecule has 4 aromatic rings. The number of rotatable bonds is 10. The van der Waals surface area contributed by atoms with Gasteiger partial charge in [0.05, 0.1) is 18.3 Å². The van der Waals surface area contributed by atoms with Gasteiger partial charge in [-0.15, -0.1) is 0 Å². The Hall–Kier alpha value is -3.95. The van der Waals surface area contributed by atoms with Crippen molar-refractivity contribution < 1.29 is 14.3 Å². The van der Waals surface area contributed by atoms with E-state index in [-0.39, 0.29) is 12.1 Å². The molecule has 0 amide bonds. The number of hydrogen-bond donors (Lipinski definition) is 0. The average molecular weight is 463 g/mol. The van der Waals surface area contributed by atoms with Gasteiger partial charge in [0.25, 0.3) is 0 Å². The maximum Gasteiger partial charge on any atom is 0.338 e. The van der Waals surface area contributed by atoms with Crippen molar-refractivity contribution in [2.75, 3.05) is 0 Å². The van der Waals surface area contributed by atoms with Crippen LogP contribution < -0.4 is 0 Å². The van der Waals surface area contributed by atoms with E-state index in [4.69, 9.17) is 9.47 Å². The molecule has 0 radical (unpaired) electrons. The van der Waals surface area contributed by atoms with Crippen LogP contribution in [0.25, 0.3) is 11.1 Å². The van der Waals surface area contributed by atoms with Gasteiger partial charge >= 0.3 is 5.97 Å². The van der Waals surface area contributed by atoms with Crippen LogP contribution in [0, 0.1) is 0 Å². The molecule has 35 heavy (non-hydrogen) atoms. The number of ether oxygens (including phenoxy) is 2. The number of carbonyl (C=O) groups excluding carboxylic acids is 1. The van der Waals surface area contributed by atoms with Crippen LogP contribution in [0.2, 0.25) is 0 Å². The fraction of sp³-hybridized carbons (Fsp3) is 0.156. The van der Waals surface area contributed by atoms with Gasteiger partial charge in [0.2, 0.25) is 0 Å². The van der Waals surface area contributed by atoms with Crippen molar-refractivity contribution >= 4 is 5.97 Å². The molecule has 2 atom stereocenters. The molecule has 0 bridgehead atoms. The number of benzene rings is 4. The third-order valence-corrected chi connectivity index (χ3v) is 6.01. The van der Waals surface area contributed by atoms with E-state index in [0.29, 0.717) is 18.6 Å². The van der Waals surface area contributed by atoms with E-state index in [1.807, 2.05) is 122 Å². The van der Waals surface area contributed by atoms with Gasteiger partial charge in [-0.25, -0.2) is 4.79 Å². The second kappa shape index (κ2) is 12.0. The molecule has 0 fully saturated rings. The topological polar surface area (TPSA) is 35.5 Å². The van der Waals surface area contributed by atoms with Gasteiger partial charge < -0.3 is 9.47 Å². The molecular formula is C32H30O3. The highest BCUT2D eigenvalue weighted by Crippen LogP contribution is 2.28. The van der Waals surface area contributed by atoms with Crippen molar-refractivity contribution in [3.8, 4) is 11.1 Å². The first-order valence-electron chi connectivity index (χ1n) is 11.8. The minimum absolute atomic E-state index is 0.176. The van der Waals surface area contributed by atoms with Crippen molar-refractivity contribution in [3.63, 3.8) is 0 Å². The number of hydrogen-bond acceptors (Lipinski definition) is 3. The maximum atomic E-state index is 13.1. The summed E-state index contributed by atoms with van der Waals surface area (Å²) in [6.45, 7) is 6.73. The SMILES string of the molecule is C=C(C[C@@H](OC(=O)c1ccc(-c2ccccc2)cc1)c1ccccc1)[C@H](C)OCc1ccccc1. The molecule has 4 rings (SSSR count). The third kappa shape index (κ3) is 6.78. The van der Waals surface area contributed by atoms with Crippen molar-refractivity contribution in [2.45, 2.75) is 32.2 Å². The molecule has 0 spiro atoms. The fourth-order valence-electron chi connectivity index (χ4n) is 3.84. The molecule has 0 heterocycles. The van der Waals surface area contributed by atoms with Crippen LogP contribution in [0.1, 0.15) is 40.9 Å². The zero-order valence-electron chi connectivity index (χ0n) is 20.0. The summed E-state index contributed by atoms with van der Waals surface area (Å²) >= 11 is 0. The van der Waals surface area contributed by atoms with Crippen molar-refractivity contribution in [3.05, 3.63) is 144 Å². The molecular weight excluding hydrogens is 432 g/mol. The Bertz CT molecular complexity index is 1220. The van der Waals surface area contributed by atoms with Crippen LogP contribution >= 0.6 is 0 Å². The molecule has 0 aliphatic carbocycles. The molecule has 4 aromatic carbocycles. The van der Waals surface area contributed by atoms with E-state index < -0.39 is 6.10 Å². The van der Waals surface area contributed by atoms with E-state index in [9.17, 15) is 4.79 Å². The summed E-state index contributed by atoms with van der Waals surface area (Å²) in [6, 6.07) is 37.4. The standard InChI is InChI=1S/C32H30O3/c1-24(25(2)34-23-26-12-6-3-7-13-26)22-31(29-16-10-5-11-17-29)35-32(33)30-20-18-28(19-21-30)27-14-8-4-9-15-27/h3-21,25,31H,1,22-23H2,2H3/t25-,31+/m0/s1. The van der Waals surface area contributed by atoms with Crippen LogP contribution in [0.4, 0.5) is 0 Å². The lowest BCUT2D eigenvalue weighted by Gasteiger charge is -2.23. The lowest BCUT2D eigenvalue weighted by molar-refractivity contribution is 0.0254. The summed E-state index contributed by atoms with van der Waals surface area (Å²) in [5.41, 5.74) is 5.59. The first-order chi connectivity index (χ1) is 17.1. The predicted octanol–water partition coefficient (Wildman–Crippen LogP) is 7.80. The van der Waals surface area contributed by atoms with Gasteiger partial charge in [0.1, 0.15) is 6.10 Å². The molecule has 0 unspecified atom stereocenters. The molecule has 0 aliphatic rings. The largest absolute Gasteiger partial charge is 0.454 e. The second-order valence-electron chi connectivity index (χ2n) is 8.55. The lowest BCUT2D eigenvalue weighted by Crippen LogP contribution is -2.17. The second-order valence-corrected chi connectivity index (χ2v) is 8.55. The summed E-state index contributed by atoms with van der Waals surface area (Å²) < 4.78 is 12.0. The molecule has 0 N–H and O–H groups in total. The zero-order chi connectivity index (χ0) is 24.5. The van der Waals surface area contributed by atoms with Crippen LogP contribution in [0.3, 0.4) is 0 Å². The van der Waals surface area contributed by atoms with Crippen LogP contribution in [0.5, 0.6) is 0 Å². The van der Waals surface area contributed by atoms with Gasteiger partial charge in [-0.2, -0.15) is 0 Å². The Morgan fingerprint density at radius 2 is 1.29 bits per heavy atom. The molecule has 0 saturated heterocycles. The number of carbonyl (C=O) groups is 1. The fourth-order valence-corrected chi connectivity index (χ4v) is 3.84. The van der Waals surface area contributed by atoms with E-state index in [2.05, 4.69) is 6.58 Å². The first-order valence-corrected chi connectivity index (χ1v) is 11.8. The zero-order valence-corrected chi connectivity index (χ0v) is 20.0. The molecule has 0 aromatic heterocycles. The van der Waals surface area contributed by atoms with E-state index in [1.54, 1.807) is 0 Å². The summed E-state index contributed by atoms with van der Waals surface area (Å²) in [7, 11) is 0. The average Bonchev–Trinajstić information content (AvgIpc) is 2.93. The highest BCUT2D eigenvalue weighted by atomic mass is 16.5. The van der Waals surface area contributed by atoms with Crippen molar-refractivity contribution in [2.24, 2.45) is 0 Å². The number of esters is 1. The molecule has 0 saturated carbocycles. The lowest BCUT2D eigenvalue weighted by atomic mass is 9.99. The Kier molecular flexibility index (Phi) is 8.26. The van der Waals surface area contributed by atoms with Gasteiger partial charge in [-0.05, 0) is 46.9 Å². The van der Waals surface area contributed by atoms with Gasteiger partial charge in [0.15, 0.2) is 0 Å². The maximum absolute atomic E-state index is 13.1. The smallest absolute Gasteiger partial charge is 0.338 e. The van der Waals surface area contributed by atoms with Gasteiger partial charge in [-0.1, -0.05) is 110 Å². The Morgan fingerprint density at radius 1 is 0.743 bits per heavy atom. The van der Waals surface area contributed by atoms with Crippen molar-refractivity contribution in [1.29, 1.82) is 0 Å². The van der Waals surface area contributed by atoms with Crippen LogP contribution in [0.15, 0.2) is 127 Å². The normalized spacial score (nSPS) is 12.5. The van der Waals surface area contributed by atoms with Gasteiger partial charge in [0, 0.05) is 6.42 Å². The molecule has 0 aliphatic heterocycles. The Labute approximate surface area is 207 Å². The first kappa shape index (κ1) is 24.2. The third-order valence-electron chi connectivity index (χ3n) is 6.01. The van der Waals surface area contributed by atoms with Crippen LogP contribution in [-0.4, -0.2) is 12.1 Å². The summed E-state index contributed by atoms with van der Waals surface area (Å²) in [5, 5.41) is 0. The predicted molar refractivity (Wildman–Crippen MR) is 141 cm³/mol. The quantitative estimate of drug-likeness (QED) is 0.178. The van der Waals surface area contributed by atoms with Crippen molar-refractivity contribution in [1.82, 2.24) is 0 Å². The minimum atomic E-state index is -0.451. The van der Waals surface area contributed by atoms with E-state index >= 15 is 0 Å². The van der Waals surface area contributed by atoms with Crippen LogP contribution in [-0.2, 0) is 16.1 Å². The monoisotopic (exact) mass is 462 g/mol. The summed E-state index contributed by atoms with van der Waals surface area (Å²) in [5.74, 6) is -0.357. The highest BCUT2D eigenvalue weighted by Gasteiger charge is 2.21. The van der Waals surface area contributed by atoms with Gasteiger partial charge in [-0.3, -0.25) is 0 Å². The summed E-state index contributed by atoms with van der Waals surface area (Å²) in [4.78, 5) is 13.1. The summed E-state index contributed by atoms with van der Waals surface area (Å²) in [6.07, 6.45) is -0.147. The minimum Gasteiger partial charge on any atom is -0.454 e. The van der Waals surface area contributed by atoms with E-state index in [1.165, 1.54) is 0 Å². The van der Waals surface area contributed by atoms with E-state index in [0.717, 1.165) is 27.8 Å². The highest BCUT2D eigenvalue weighted by molar-refractivity contribution is 5.90.